The number of amides is 3. The third-order valence-electron chi connectivity index (χ3n) is 7.39. The fourth-order valence-corrected chi connectivity index (χ4v) is 5.49. The molecule has 0 bridgehead atoms. The highest BCUT2D eigenvalue weighted by Crippen LogP contribution is 2.36. The zero-order valence-electron chi connectivity index (χ0n) is 19.3. The first-order valence-electron chi connectivity index (χ1n) is 12.2. The van der Waals surface area contributed by atoms with Gasteiger partial charge in [0.25, 0.3) is 0 Å². The average Bonchev–Trinajstić information content (AvgIpc) is 2.82. The Bertz CT molecular complexity index is 781. The van der Waals surface area contributed by atoms with Crippen LogP contribution in [0, 0.1) is 0 Å². The molecule has 0 aromatic heterocycles. The number of carbonyl (C=O) groups excluding carboxylic acids is 2. The minimum absolute atomic E-state index is 0.0965. The molecule has 3 aliphatic rings. The first kappa shape index (κ1) is 23.1. The van der Waals surface area contributed by atoms with Crippen molar-refractivity contribution in [3.63, 3.8) is 0 Å². The van der Waals surface area contributed by atoms with Crippen LogP contribution in [-0.4, -0.2) is 66.9 Å². The van der Waals surface area contributed by atoms with Gasteiger partial charge in [-0.05, 0) is 63.9 Å². The minimum Gasteiger partial charge on any atom is -0.376 e. The van der Waals surface area contributed by atoms with Crippen LogP contribution in [0.15, 0.2) is 30.3 Å². The monoisotopic (exact) mass is 443 g/mol. The summed E-state index contributed by atoms with van der Waals surface area (Å²) in [4.78, 5) is 27.2. The van der Waals surface area contributed by atoms with Gasteiger partial charge in [-0.15, -0.1) is 0 Å². The highest BCUT2D eigenvalue weighted by Gasteiger charge is 2.50. The topological polar surface area (TPSA) is 79.9 Å². The van der Waals surface area contributed by atoms with Gasteiger partial charge in [-0.2, -0.15) is 0 Å². The van der Waals surface area contributed by atoms with E-state index in [1.165, 1.54) is 5.56 Å². The Labute approximate surface area is 191 Å². The van der Waals surface area contributed by atoms with Crippen LogP contribution in [-0.2, 0) is 14.3 Å². The van der Waals surface area contributed by atoms with E-state index in [1.54, 1.807) is 6.92 Å². The Morgan fingerprint density at radius 3 is 2.69 bits per heavy atom. The molecular formula is C25H37N3O4. The van der Waals surface area contributed by atoms with Crippen molar-refractivity contribution in [2.45, 2.75) is 82.1 Å². The number of urea groups is 1. The number of hydrogen-bond donors (Lipinski definition) is 2. The molecule has 176 valence electrons. The van der Waals surface area contributed by atoms with Gasteiger partial charge in [0.05, 0.1) is 30.9 Å². The maximum Gasteiger partial charge on any atom is 0.317 e. The first-order valence-corrected chi connectivity index (χ1v) is 12.2. The van der Waals surface area contributed by atoms with E-state index in [0.717, 1.165) is 38.5 Å². The summed E-state index contributed by atoms with van der Waals surface area (Å²) < 4.78 is 12.3. The molecule has 2 heterocycles. The van der Waals surface area contributed by atoms with Gasteiger partial charge in [-0.1, -0.05) is 30.3 Å². The van der Waals surface area contributed by atoms with Crippen LogP contribution in [0.25, 0.3) is 0 Å². The number of morpholine rings is 1. The van der Waals surface area contributed by atoms with Crippen molar-refractivity contribution >= 4 is 11.9 Å². The van der Waals surface area contributed by atoms with Crippen molar-refractivity contribution in [2.24, 2.45) is 0 Å². The van der Waals surface area contributed by atoms with Gasteiger partial charge < -0.3 is 25.0 Å². The predicted molar refractivity (Wildman–Crippen MR) is 122 cm³/mol. The molecule has 32 heavy (non-hydrogen) atoms. The van der Waals surface area contributed by atoms with E-state index < -0.39 is 11.6 Å². The molecule has 1 aromatic carbocycles. The second-order valence-electron chi connectivity index (χ2n) is 9.46. The van der Waals surface area contributed by atoms with Crippen molar-refractivity contribution in [1.29, 1.82) is 0 Å². The van der Waals surface area contributed by atoms with Gasteiger partial charge in [0.2, 0.25) is 5.91 Å². The lowest BCUT2D eigenvalue weighted by Crippen LogP contribution is -2.73. The number of rotatable bonds is 5. The smallest absolute Gasteiger partial charge is 0.317 e. The van der Waals surface area contributed by atoms with Gasteiger partial charge in [0, 0.05) is 13.1 Å². The van der Waals surface area contributed by atoms with Crippen LogP contribution in [0.4, 0.5) is 4.79 Å². The van der Waals surface area contributed by atoms with Crippen LogP contribution >= 0.6 is 0 Å². The summed E-state index contributed by atoms with van der Waals surface area (Å²) in [6.45, 7) is 5.73. The maximum absolute atomic E-state index is 12.8. The fraction of sp³-hybridized carbons (Fsp3) is 0.680. The lowest BCUT2D eigenvalue weighted by molar-refractivity contribution is -0.153. The largest absolute Gasteiger partial charge is 0.376 e. The van der Waals surface area contributed by atoms with Crippen LogP contribution in [0.3, 0.4) is 0 Å². The molecule has 1 aliphatic carbocycles. The van der Waals surface area contributed by atoms with Crippen molar-refractivity contribution in [2.75, 3.05) is 26.3 Å². The summed E-state index contributed by atoms with van der Waals surface area (Å²) in [5, 5.41) is 6.14. The molecule has 1 spiro atoms. The fourth-order valence-electron chi connectivity index (χ4n) is 5.49. The molecule has 3 fully saturated rings. The van der Waals surface area contributed by atoms with E-state index in [2.05, 4.69) is 41.0 Å². The van der Waals surface area contributed by atoms with Crippen molar-refractivity contribution < 1.29 is 19.1 Å². The predicted octanol–water partition coefficient (Wildman–Crippen LogP) is 3.20. The quantitative estimate of drug-likeness (QED) is 0.733. The molecule has 3 atom stereocenters. The van der Waals surface area contributed by atoms with E-state index in [4.69, 9.17) is 9.47 Å². The van der Waals surface area contributed by atoms with Crippen LogP contribution < -0.4 is 10.6 Å². The second-order valence-corrected chi connectivity index (χ2v) is 9.46. The Balaban J connectivity index is 1.42. The Morgan fingerprint density at radius 2 is 2.00 bits per heavy atom. The Morgan fingerprint density at radius 1 is 1.25 bits per heavy atom. The number of piperidine rings is 1. The third kappa shape index (κ3) is 4.94. The molecule has 3 amide bonds. The minimum atomic E-state index is -0.589. The summed E-state index contributed by atoms with van der Waals surface area (Å²) in [5.74, 6) is 0.485. The van der Waals surface area contributed by atoms with Crippen molar-refractivity contribution in [1.82, 2.24) is 15.5 Å². The van der Waals surface area contributed by atoms with E-state index in [1.807, 2.05) is 11.8 Å². The molecule has 1 saturated carbocycles. The second kappa shape index (κ2) is 10.2. The van der Waals surface area contributed by atoms with Gasteiger partial charge >= 0.3 is 6.03 Å². The Hall–Kier alpha value is -2.12. The normalized spacial score (nSPS) is 33.1. The number of nitrogens with zero attached hydrogens (tertiary/aromatic N) is 1. The number of carbonyl (C=O) groups is 2. The van der Waals surface area contributed by atoms with E-state index in [9.17, 15) is 9.59 Å². The molecule has 0 unspecified atom stereocenters. The van der Waals surface area contributed by atoms with E-state index >= 15 is 0 Å². The molecular weight excluding hydrogens is 406 g/mol. The highest BCUT2D eigenvalue weighted by atomic mass is 16.5. The van der Waals surface area contributed by atoms with Crippen LogP contribution in [0.1, 0.15) is 63.9 Å². The zero-order chi connectivity index (χ0) is 22.6. The number of likely N-dealkylation sites (tertiary alicyclic amines) is 1. The summed E-state index contributed by atoms with van der Waals surface area (Å²) >= 11 is 0. The SMILES string of the molecule is CCNC(=O)N1CCC[C@]2(CO[C@H](C)C(=O)N2)[C@H]1COC1CCC(c2ccccc2)CC1. The van der Waals surface area contributed by atoms with Crippen molar-refractivity contribution in [3.8, 4) is 0 Å². The highest BCUT2D eigenvalue weighted by molar-refractivity contribution is 5.82. The van der Waals surface area contributed by atoms with E-state index in [0.29, 0.717) is 32.2 Å². The van der Waals surface area contributed by atoms with Crippen LogP contribution in [0.2, 0.25) is 0 Å². The van der Waals surface area contributed by atoms with Crippen LogP contribution in [0.5, 0.6) is 0 Å². The lowest BCUT2D eigenvalue weighted by Gasteiger charge is -2.52. The summed E-state index contributed by atoms with van der Waals surface area (Å²) in [6, 6.07) is 10.4. The molecule has 7 heteroatoms. The molecule has 0 radical (unpaired) electrons. The number of nitrogens with one attached hydrogen (secondary N) is 2. The maximum atomic E-state index is 12.8. The molecule has 2 N–H and O–H groups in total. The van der Waals surface area contributed by atoms with Gasteiger partial charge in [-0.25, -0.2) is 4.79 Å². The summed E-state index contributed by atoms with van der Waals surface area (Å²) in [6.07, 6.45) is 5.59. The third-order valence-corrected chi connectivity index (χ3v) is 7.39. The summed E-state index contributed by atoms with van der Waals surface area (Å²) in [7, 11) is 0. The number of benzene rings is 1. The molecule has 4 rings (SSSR count). The zero-order valence-corrected chi connectivity index (χ0v) is 19.3. The lowest BCUT2D eigenvalue weighted by atomic mass is 9.80. The van der Waals surface area contributed by atoms with Gasteiger partial charge in [-0.3, -0.25) is 4.79 Å². The molecule has 1 aromatic rings. The van der Waals surface area contributed by atoms with Gasteiger partial charge in [0.15, 0.2) is 0 Å². The van der Waals surface area contributed by atoms with Gasteiger partial charge in [0.1, 0.15) is 6.10 Å². The number of hydrogen-bond acceptors (Lipinski definition) is 4. The number of ether oxygens (including phenoxy) is 2. The first-order chi connectivity index (χ1) is 15.5. The van der Waals surface area contributed by atoms with Crippen molar-refractivity contribution in [3.05, 3.63) is 35.9 Å². The Kier molecular flexibility index (Phi) is 7.36. The average molecular weight is 444 g/mol. The standard InChI is InChI=1S/C25H37N3O4/c1-3-26-24(30)28-15-7-14-25(17-32-18(2)23(29)27-25)22(28)16-31-21-12-10-20(11-13-21)19-8-5-4-6-9-19/h4-6,8-9,18,20-22H,3,7,10-17H2,1-2H3,(H,26,30)(H,27,29)/t18-,20?,21?,22-,25+/m1/s1. The summed E-state index contributed by atoms with van der Waals surface area (Å²) in [5.41, 5.74) is 0.824. The molecule has 2 saturated heterocycles. The molecule has 7 nitrogen and oxygen atoms in total. The van der Waals surface area contributed by atoms with E-state index in [-0.39, 0.29) is 24.1 Å². The molecule has 2 aliphatic heterocycles.